The Morgan fingerprint density at radius 2 is 1.71 bits per heavy atom. The van der Waals surface area contributed by atoms with Crippen molar-refractivity contribution in [2.75, 3.05) is 5.32 Å². The molecule has 1 N–H and O–H groups in total. The first-order valence-electron chi connectivity index (χ1n) is 7.72. The molecule has 2 aromatic carbocycles. The highest BCUT2D eigenvalue weighted by Gasteiger charge is 2.14. The molecular weight excluding hydrogens is 298 g/mol. The van der Waals surface area contributed by atoms with Crippen molar-refractivity contribution in [2.24, 2.45) is 0 Å². The Labute approximate surface area is 141 Å². The van der Waals surface area contributed by atoms with Gasteiger partial charge in [-0.05, 0) is 24.1 Å². The third-order valence-electron chi connectivity index (χ3n) is 3.61. The summed E-state index contributed by atoms with van der Waals surface area (Å²) in [6.45, 7) is 2.01. The summed E-state index contributed by atoms with van der Waals surface area (Å²) in [5.41, 5.74) is 2.41. The van der Waals surface area contributed by atoms with Crippen molar-refractivity contribution in [2.45, 2.75) is 13.0 Å². The number of nitrogens with zero attached hydrogens (tertiary/aromatic N) is 2. The molecule has 24 heavy (non-hydrogen) atoms. The molecule has 3 rings (SSSR count). The number of aromatic nitrogens is 1. The minimum atomic E-state index is 0.0113. The molecule has 0 unspecified atom stereocenters. The smallest absolute Gasteiger partial charge is 0.233 e. The van der Waals surface area contributed by atoms with Crippen LogP contribution in [0, 0.1) is 11.3 Å². The van der Waals surface area contributed by atoms with E-state index in [4.69, 9.17) is 4.42 Å². The maximum absolute atomic E-state index is 9.26. The van der Waals surface area contributed by atoms with Gasteiger partial charge in [0.15, 0.2) is 0 Å². The van der Waals surface area contributed by atoms with Gasteiger partial charge in [0.05, 0.1) is 6.04 Å². The number of hydrogen-bond donors (Lipinski definition) is 1. The van der Waals surface area contributed by atoms with Gasteiger partial charge in [-0.25, -0.2) is 0 Å². The molecule has 118 valence electrons. The van der Waals surface area contributed by atoms with Gasteiger partial charge in [0, 0.05) is 6.08 Å². The average molecular weight is 315 g/mol. The Balaban J connectivity index is 1.78. The van der Waals surface area contributed by atoms with Crippen LogP contribution in [0.2, 0.25) is 0 Å². The van der Waals surface area contributed by atoms with Crippen molar-refractivity contribution in [3.8, 4) is 6.07 Å². The van der Waals surface area contributed by atoms with Crippen molar-refractivity contribution in [1.29, 1.82) is 5.26 Å². The van der Waals surface area contributed by atoms with Crippen LogP contribution in [0.1, 0.15) is 35.7 Å². The van der Waals surface area contributed by atoms with Crippen molar-refractivity contribution >= 4 is 18.0 Å². The van der Waals surface area contributed by atoms with E-state index in [1.165, 1.54) is 0 Å². The Morgan fingerprint density at radius 3 is 2.38 bits per heavy atom. The van der Waals surface area contributed by atoms with Crippen LogP contribution in [0.3, 0.4) is 0 Å². The summed E-state index contributed by atoms with van der Waals surface area (Å²) >= 11 is 0. The monoisotopic (exact) mass is 315 g/mol. The van der Waals surface area contributed by atoms with Gasteiger partial charge < -0.3 is 9.73 Å². The second-order valence-electron chi connectivity index (χ2n) is 5.36. The van der Waals surface area contributed by atoms with E-state index in [1.807, 2.05) is 73.7 Å². The summed E-state index contributed by atoms with van der Waals surface area (Å²) in [4.78, 5) is 4.21. The summed E-state index contributed by atoms with van der Waals surface area (Å²) in [6, 6.07) is 21.9. The Hall–Kier alpha value is -3.32. The third-order valence-corrected chi connectivity index (χ3v) is 3.61. The molecule has 0 fully saturated rings. The van der Waals surface area contributed by atoms with E-state index in [1.54, 1.807) is 6.08 Å². The van der Waals surface area contributed by atoms with Gasteiger partial charge in [-0.3, -0.25) is 0 Å². The predicted molar refractivity (Wildman–Crippen MR) is 95.1 cm³/mol. The van der Waals surface area contributed by atoms with Crippen molar-refractivity contribution in [3.05, 3.63) is 83.4 Å². The molecule has 0 saturated carbocycles. The summed E-state index contributed by atoms with van der Waals surface area (Å²) in [6.07, 6.45) is 3.66. The molecule has 0 bridgehead atoms. The zero-order valence-electron chi connectivity index (χ0n) is 13.3. The van der Waals surface area contributed by atoms with E-state index in [9.17, 15) is 5.26 Å². The minimum Gasteiger partial charge on any atom is -0.420 e. The van der Waals surface area contributed by atoms with E-state index >= 15 is 0 Å². The predicted octanol–water partition coefficient (Wildman–Crippen LogP) is 4.89. The molecule has 1 atom stereocenters. The molecule has 0 radical (unpaired) electrons. The second kappa shape index (κ2) is 7.30. The van der Waals surface area contributed by atoms with E-state index in [0.717, 1.165) is 11.1 Å². The SMILES string of the molecule is C[C@H](Nc1oc(/C=C/c2ccccc2)nc1C#N)c1ccccc1. The number of anilines is 1. The topological polar surface area (TPSA) is 61.9 Å². The first-order valence-corrected chi connectivity index (χ1v) is 7.72. The van der Waals surface area contributed by atoms with Gasteiger partial charge in [-0.1, -0.05) is 60.7 Å². The average Bonchev–Trinajstić information content (AvgIpc) is 3.03. The van der Waals surface area contributed by atoms with E-state index in [0.29, 0.717) is 11.8 Å². The Kier molecular flexibility index (Phi) is 4.73. The lowest BCUT2D eigenvalue weighted by molar-refractivity contribution is 0.552. The van der Waals surface area contributed by atoms with Gasteiger partial charge in [0.1, 0.15) is 6.07 Å². The lowest BCUT2D eigenvalue weighted by Gasteiger charge is -2.12. The van der Waals surface area contributed by atoms with Crippen molar-refractivity contribution in [1.82, 2.24) is 4.98 Å². The van der Waals surface area contributed by atoms with Crippen LogP contribution in [-0.2, 0) is 0 Å². The zero-order chi connectivity index (χ0) is 16.8. The van der Waals surface area contributed by atoms with Crippen LogP contribution >= 0.6 is 0 Å². The maximum atomic E-state index is 9.26. The van der Waals surface area contributed by atoms with Crippen LogP contribution in [0.4, 0.5) is 5.88 Å². The van der Waals surface area contributed by atoms with Gasteiger partial charge in [0.2, 0.25) is 17.5 Å². The summed E-state index contributed by atoms with van der Waals surface area (Å²) in [5, 5.41) is 12.5. The van der Waals surface area contributed by atoms with Gasteiger partial charge >= 0.3 is 0 Å². The highest BCUT2D eigenvalue weighted by Crippen LogP contribution is 2.24. The third kappa shape index (κ3) is 3.71. The Bertz CT molecular complexity index is 861. The van der Waals surface area contributed by atoms with E-state index in [2.05, 4.69) is 16.4 Å². The van der Waals surface area contributed by atoms with Gasteiger partial charge in [0.25, 0.3) is 0 Å². The molecule has 0 saturated heterocycles. The molecule has 4 heteroatoms. The zero-order valence-corrected chi connectivity index (χ0v) is 13.3. The molecule has 0 aliphatic carbocycles. The first-order chi connectivity index (χ1) is 11.8. The highest BCUT2D eigenvalue weighted by atomic mass is 16.4. The van der Waals surface area contributed by atoms with Crippen LogP contribution in [-0.4, -0.2) is 4.98 Å². The Morgan fingerprint density at radius 1 is 1.04 bits per heavy atom. The molecule has 0 aliphatic heterocycles. The standard InChI is InChI=1S/C20H17N3O/c1-15(17-10-6-3-7-11-17)22-20-18(14-21)23-19(24-20)13-12-16-8-4-2-5-9-16/h2-13,15,22H,1H3/b13-12+/t15-/m0/s1. The summed E-state index contributed by atoms with van der Waals surface area (Å²) in [7, 11) is 0. The number of nitriles is 1. The number of nitrogens with one attached hydrogen (secondary N) is 1. The van der Waals surface area contributed by atoms with Crippen LogP contribution in [0.25, 0.3) is 12.2 Å². The molecule has 0 spiro atoms. The fourth-order valence-corrected chi connectivity index (χ4v) is 2.33. The lowest BCUT2D eigenvalue weighted by Crippen LogP contribution is -2.06. The largest absolute Gasteiger partial charge is 0.420 e. The maximum Gasteiger partial charge on any atom is 0.233 e. The number of oxazole rings is 1. The number of rotatable bonds is 5. The van der Waals surface area contributed by atoms with Crippen LogP contribution < -0.4 is 5.32 Å². The molecule has 1 aromatic heterocycles. The molecular formula is C20H17N3O. The number of hydrogen-bond acceptors (Lipinski definition) is 4. The van der Waals surface area contributed by atoms with Crippen LogP contribution in [0.15, 0.2) is 65.1 Å². The lowest BCUT2D eigenvalue weighted by atomic mass is 10.1. The fourth-order valence-electron chi connectivity index (χ4n) is 2.33. The summed E-state index contributed by atoms with van der Waals surface area (Å²) < 4.78 is 5.69. The fraction of sp³-hybridized carbons (Fsp3) is 0.100. The first kappa shape index (κ1) is 15.6. The highest BCUT2D eigenvalue weighted by molar-refractivity contribution is 5.67. The summed E-state index contributed by atoms with van der Waals surface area (Å²) in [5.74, 6) is 0.791. The van der Waals surface area contributed by atoms with E-state index in [-0.39, 0.29) is 11.7 Å². The molecule has 3 aromatic rings. The quantitative estimate of drug-likeness (QED) is 0.728. The number of benzene rings is 2. The molecule has 0 amide bonds. The van der Waals surface area contributed by atoms with Crippen LogP contribution in [0.5, 0.6) is 0 Å². The molecule has 4 nitrogen and oxygen atoms in total. The van der Waals surface area contributed by atoms with Gasteiger partial charge in [-0.2, -0.15) is 10.2 Å². The van der Waals surface area contributed by atoms with Gasteiger partial charge in [-0.15, -0.1) is 0 Å². The van der Waals surface area contributed by atoms with Crippen molar-refractivity contribution < 1.29 is 4.42 Å². The van der Waals surface area contributed by atoms with E-state index < -0.39 is 0 Å². The molecule has 1 heterocycles. The minimum absolute atomic E-state index is 0.0113. The molecule has 0 aliphatic rings. The normalized spacial score (nSPS) is 12.0. The van der Waals surface area contributed by atoms with Crippen molar-refractivity contribution in [3.63, 3.8) is 0 Å². The second-order valence-corrected chi connectivity index (χ2v) is 5.36.